The Balaban J connectivity index is 2.01. The van der Waals surface area contributed by atoms with E-state index < -0.39 is 0 Å². The van der Waals surface area contributed by atoms with Gasteiger partial charge in [0.25, 0.3) is 0 Å². The van der Waals surface area contributed by atoms with Gasteiger partial charge < -0.3 is 15.0 Å². The predicted molar refractivity (Wildman–Crippen MR) is 79.5 cm³/mol. The van der Waals surface area contributed by atoms with Gasteiger partial charge in [-0.1, -0.05) is 13.0 Å². The number of methoxy groups -OCH3 is 1. The van der Waals surface area contributed by atoms with E-state index in [2.05, 4.69) is 42.4 Å². The predicted octanol–water partition coefficient (Wildman–Crippen LogP) is 2.79. The number of rotatable bonds is 8. The van der Waals surface area contributed by atoms with Crippen LogP contribution in [0.3, 0.4) is 0 Å². The second-order valence-electron chi connectivity index (χ2n) is 5.54. The fourth-order valence-corrected chi connectivity index (χ4v) is 2.37. The molecule has 0 saturated heterocycles. The van der Waals surface area contributed by atoms with Gasteiger partial charge in [0.2, 0.25) is 0 Å². The second kappa shape index (κ2) is 6.92. The van der Waals surface area contributed by atoms with Gasteiger partial charge in [0, 0.05) is 24.7 Å². The van der Waals surface area contributed by atoms with E-state index in [0.717, 1.165) is 31.4 Å². The third kappa shape index (κ3) is 4.51. The van der Waals surface area contributed by atoms with Gasteiger partial charge >= 0.3 is 0 Å². The van der Waals surface area contributed by atoms with E-state index in [1.807, 2.05) is 0 Å². The molecule has 3 heteroatoms. The molecule has 2 rings (SSSR count). The Morgan fingerprint density at radius 3 is 2.79 bits per heavy atom. The van der Waals surface area contributed by atoms with Crippen molar-refractivity contribution in [1.82, 2.24) is 10.2 Å². The summed E-state index contributed by atoms with van der Waals surface area (Å²) in [6.07, 6.45) is 3.85. The van der Waals surface area contributed by atoms with Gasteiger partial charge in [0.15, 0.2) is 0 Å². The Morgan fingerprint density at radius 2 is 2.16 bits per heavy atom. The SMILES string of the molecule is CCCN(C)Cc1cc(CNC2CC2)ccc1OC. The van der Waals surface area contributed by atoms with Crippen LogP contribution >= 0.6 is 0 Å². The molecule has 0 heterocycles. The topological polar surface area (TPSA) is 24.5 Å². The Bertz CT molecular complexity index is 402. The molecule has 0 atom stereocenters. The standard InChI is InChI=1S/C16H26N2O/c1-4-9-18(2)12-14-10-13(5-8-16(14)19-3)11-17-15-6-7-15/h5,8,10,15,17H,4,6-7,9,11-12H2,1-3H3. The van der Waals surface area contributed by atoms with Crippen LogP contribution in [-0.4, -0.2) is 31.6 Å². The number of nitrogens with zero attached hydrogens (tertiary/aromatic N) is 1. The molecule has 1 aromatic rings. The average molecular weight is 262 g/mol. The zero-order valence-electron chi connectivity index (χ0n) is 12.4. The van der Waals surface area contributed by atoms with Crippen LogP contribution in [0.1, 0.15) is 37.3 Å². The van der Waals surface area contributed by atoms with Crippen molar-refractivity contribution in [2.75, 3.05) is 20.7 Å². The highest BCUT2D eigenvalue weighted by Crippen LogP contribution is 2.23. The molecule has 1 fully saturated rings. The molecule has 0 radical (unpaired) electrons. The highest BCUT2D eigenvalue weighted by Gasteiger charge is 2.20. The van der Waals surface area contributed by atoms with Crippen LogP contribution < -0.4 is 10.1 Å². The van der Waals surface area contributed by atoms with E-state index in [1.54, 1.807) is 7.11 Å². The molecule has 1 saturated carbocycles. The normalized spacial score (nSPS) is 14.9. The van der Waals surface area contributed by atoms with E-state index in [9.17, 15) is 0 Å². The largest absolute Gasteiger partial charge is 0.496 e. The first-order valence-corrected chi connectivity index (χ1v) is 7.30. The van der Waals surface area contributed by atoms with Crippen LogP contribution in [-0.2, 0) is 13.1 Å². The van der Waals surface area contributed by atoms with Gasteiger partial charge in [-0.15, -0.1) is 0 Å². The Morgan fingerprint density at radius 1 is 1.37 bits per heavy atom. The molecular formula is C16H26N2O. The maximum Gasteiger partial charge on any atom is 0.123 e. The van der Waals surface area contributed by atoms with Gasteiger partial charge in [0.1, 0.15) is 5.75 Å². The third-order valence-corrected chi connectivity index (χ3v) is 3.56. The average Bonchev–Trinajstić information content (AvgIpc) is 3.21. The molecule has 0 spiro atoms. The number of hydrogen-bond acceptors (Lipinski definition) is 3. The lowest BCUT2D eigenvalue weighted by Gasteiger charge is -2.18. The lowest BCUT2D eigenvalue weighted by molar-refractivity contribution is 0.317. The number of ether oxygens (including phenoxy) is 1. The molecule has 0 unspecified atom stereocenters. The van der Waals surface area contributed by atoms with Crippen molar-refractivity contribution in [1.29, 1.82) is 0 Å². The van der Waals surface area contributed by atoms with Crippen LogP contribution in [0.5, 0.6) is 5.75 Å². The first-order chi connectivity index (χ1) is 9.22. The first kappa shape index (κ1) is 14.4. The Hall–Kier alpha value is -1.06. The molecule has 106 valence electrons. The van der Waals surface area contributed by atoms with E-state index in [0.29, 0.717) is 0 Å². The minimum Gasteiger partial charge on any atom is -0.496 e. The molecule has 1 aromatic carbocycles. The van der Waals surface area contributed by atoms with Crippen molar-refractivity contribution < 1.29 is 4.74 Å². The lowest BCUT2D eigenvalue weighted by Crippen LogP contribution is -2.19. The van der Waals surface area contributed by atoms with Crippen LogP contribution in [0.25, 0.3) is 0 Å². The Labute approximate surface area is 116 Å². The molecule has 0 aliphatic heterocycles. The molecule has 3 nitrogen and oxygen atoms in total. The quantitative estimate of drug-likeness (QED) is 0.779. The molecule has 1 aliphatic rings. The fourth-order valence-electron chi connectivity index (χ4n) is 2.37. The summed E-state index contributed by atoms with van der Waals surface area (Å²) in [5.41, 5.74) is 2.64. The summed E-state index contributed by atoms with van der Waals surface area (Å²) in [4.78, 5) is 2.34. The van der Waals surface area contributed by atoms with Crippen LogP contribution in [0.2, 0.25) is 0 Å². The van der Waals surface area contributed by atoms with Crippen molar-refractivity contribution in [3.05, 3.63) is 29.3 Å². The third-order valence-electron chi connectivity index (χ3n) is 3.56. The summed E-state index contributed by atoms with van der Waals surface area (Å²) in [5.74, 6) is 0.998. The summed E-state index contributed by atoms with van der Waals surface area (Å²) >= 11 is 0. The lowest BCUT2D eigenvalue weighted by atomic mass is 10.1. The maximum atomic E-state index is 5.47. The molecule has 0 amide bonds. The van der Waals surface area contributed by atoms with Crippen molar-refractivity contribution in [3.63, 3.8) is 0 Å². The number of nitrogens with one attached hydrogen (secondary N) is 1. The van der Waals surface area contributed by atoms with Gasteiger partial charge in [-0.2, -0.15) is 0 Å². The van der Waals surface area contributed by atoms with Crippen molar-refractivity contribution in [2.45, 2.75) is 45.3 Å². The summed E-state index contributed by atoms with van der Waals surface area (Å²) in [6, 6.07) is 7.30. The summed E-state index contributed by atoms with van der Waals surface area (Å²) in [6.45, 7) is 5.25. The van der Waals surface area contributed by atoms with Crippen molar-refractivity contribution >= 4 is 0 Å². The molecule has 1 N–H and O–H groups in total. The molecule has 0 aromatic heterocycles. The smallest absolute Gasteiger partial charge is 0.123 e. The number of hydrogen-bond donors (Lipinski definition) is 1. The van der Waals surface area contributed by atoms with Crippen LogP contribution in [0.15, 0.2) is 18.2 Å². The zero-order chi connectivity index (χ0) is 13.7. The van der Waals surface area contributed by atoms with E-state index in [-0.39, 0.29) is 0 Å². The van der Waals surface area contributed by atoms with E-state index in [1.165, 1.54) is 30.4 Å². The van der Waals surface area contributed by atoms with Gasteiger partial charge in [0.05, 0.1) is 7.11 Å². The van der Waals surface area contributed by atoms with Crippen molar-refractivity contribution in [3.8, 4) is 5.75 Å². The maximum absolute atomic E-state index is 5.47. The van der Waals surface area contributed by atoms with Gasteiger partial charge in [-0.05, 0) is 50.6 Å². The first-order valence-electron chi connectivity index (χ1n) is 7.30. The monoisotopic (exact) mass is 262 g/mol. The Kier molecular flexibility index (Phi) is 5.23. The molecular weight excluding hydrogens is 236 g/mol. The summed E-state index contributed by atoms with van der Waals surface area (Å²) in [5, 5.41) is 3.56. The highest BCUT2D eigenvalue weighted by molar-refractivity contribution is 5.37. The van der Waals surface area contributed by atoms with E-state index >= 15 is 0 Å². The minimum atomic E-state index is 0.758. The minimum absolute atomic E-state index is 0.758. The molecule has 19 heavy (non-hydrogen) atoms. The molecule has 0 bridgehead atoms. The number of benzene rings is 1. The summed E-state index contributed by atoms with van der Waals surface area (Å²) < 4.78 is 5.47. The van der Waals surface area contributed by atoms with Gasteiger partial charge in [-0.25, -0.2) is 0 Å². The fraction of sp³-hybridized carbons (Fsp3) is 0.625. The second-order valence-corrected chi connectivity index (χ2v) is 5.54. The van der Waals surface area contributed by atoms with Gasteiger partial charge in [-0.3, -0.25) is 0 Å². The van der Waals surface area contributed by atoms with Crippen LogP contribution in [0.4, 0.5) is 0 Å². The highest BCUT2D eigenvalue weighted by atomic mass is 16.5. The molecule has 1 aliphatic carbocycles. The van der Waals surface area contributed by atoms with Crippen molar-refractivity contribution in [2.24, 2.45) is 0 Å². The zero-order valence-corrected chi connectivity index (χ0v) is 12.4. The van der Waals surface area contributed by atoms with Crippen LogP contribution in [0, 0.1) is 0 Å². The van der Waals surface area contributed by atoms with E-state index in [4.69, 9.17) is 4.74 Å². The summed E-state index contributed by atoms with van der Waals surface area (Å²) in [7, 11) is 3.92.